The number of carboxylic acid groups (broad SMARTS) is 1. The molecular weight excluding hydrogens is 252 g/mol. The summed E-state index contributed by atoms with van der Waals surface area (Å²) in [4.78, 5) is 25.2. The van der Waals surface area contributed by atoms with E-state index in [4.69, 9.17) is 10.8 Å². The third-order valence-corrected chi connectivity index (χ3v) is 5.10. The summed E-state index contributed by atoms with van der Waals surface area (Å²) >= 11 is 1.53. The summed E-state index contributed by atoms with van der Waals surface area (Å²) in [5, 5.41) is 9.13. The molecule has 2 aliphatic rings. The summed E-state index contributed by atoms with van der Waals surface area (Å²) in [6.07, 6.45) is 3.31. The van der Waals surface area contributed by atoms with Gasteiger partial charge in [0.2, 0.25) is 5.91 Å². The van der Waals surface area contributed by atoms with Crippen molar-refractivity contribution in [1.82, 2.24) is 4.90 Å². The van der Waals surface area contributed by atoms with Gasteiger partial charge in [0.15, 0.2) is 0 Å². The maximum Gasteiger partial charge on any atom is 0.327 e. The van der Waals surface area contributed by atoms with Gasteiger partial charge in [-0.1, -0.05) is 0 Å². The second-order valence-electron chi connectivity index (χ2n) is 5.14. The lowest BCUT2D eigenvalue weighted by Gasteiger charge is -2.32. The van der Waals surface area contributed by atoms with Crippen molar-refractivity contribution in [3.05, 3.63) is 0 Å². The number of carbonyl (C=O) groups excluding carboxylic acids is 1. The number of thioether (sulfide) groups is 1. The Balaban J connectivity index is 2.04. The van der Waals surface area contributed by atoms with Crippen LogP contribution in [0.1, 0.15) is 32.6 Å². The molecular formula is C12H20N2O3S. The molecule has 5 nitrogen and oxygen atoms in total. The van der Waals surface area contributed by atoms with E-state index in [0.717, 1.165) is 25.7 Å². The Morgan fingerprint density at radius 3 is 2.44 bits per heavy atom. The van der Waals surface area contributed by atoms with Gasteiger partial charge in [-0.15, -0.1) is 11.8 Å². The zero-order chi connectivity index (χ0) is 13.3. The minimum absolute atomic E-state index is 0.00630. The number of rotatable bonds is 2. The Bertz CT molecular complexity index is 342. The van der Waals surface area contributed by atoms with Gasteiger partial charge < -0.3 is 15.7 Å². The highest BCUT2D eigenvalue weighted by Crippen LogP contribution is 2.33. The van der Waals surface area contributed by atoms with Crippen LogP contribution in [0.25, 0.3) is 0 Å². The zero-order valence-corrected chi connectivity index (χ0v) is 11.4. The molecule has 1 heterocycles. The van der Waals surface area contributed by atoms with Crippen molar-refractivity contribution in [1.29, 1.82) is 0 Å². The summed E-state index contributed by atoms with van der Waals surface area (Å²) < 4.78 is 0. The quantitative estimate of drug-likeness (QED) is 0.779. The summed E-state index contributed by atoms with van der Waals surface area (Å²) in [5.74, 6) is -0.429. The second-order valence-corrected chi connectivity index (χ2v) is 6.49. The highest BCUT2D eigenvalue weighted by atomic mass is 32.2. The molecule has 0 aromatic rings. The Morgan fingerprint density at radius 2 is 1.89 bits per heavy atom. The molecule has 0 aromatic carbocycles. The molecule has 2 rings (SSSR count). The molecule has 1 amide bonds. The standard InChI is InChI=1S/C12H20N2O3S/c1-7-14(10(6-18-7)12(16)17)11(15)8-2-4-9(13)5-3-8/h7-10H,2-6,13H2,1H3,(H,16,17). The molecule has 1 aliphatic heterocycles. The van der Waals surface area contributed by atoms with Crippen LogP contribution in [0.5, 0.6) is 0 Å². The summed E-state index contributed by atoms with van der Waals surface area (Å²) in [5.41, 5.74) is 5.83. The zero-order valence-electron chi connectivity index (χ0n) is 10.5. The average Bonchev–Trinajstić information content (AvgIpc) is 2.71. The number of hydrogen-bond acceptors (Lipinski definition) is 4. The number of hydrogen-bond donors (Lipinski definition) is 2. The van der Waals surface area contributed by atoms with Crippen LogP contribution < -0.4 is 5.73 Å². The van der Waals surface area contributed by atoms with Crippen LogP contribution in [-0.2, 0) is 9.59 Å². The lowest BCUT2D eigenvalue weighted by molar-refractivity contribution is -0.151. The summed E-state index contributed by atoms with van der Waals surface area (Å²) in [7, 11) is 0. The van der Waals surface area contributed by atoms with Gasteiger partial charge in [-0.25, -0.2) is 4.79 Å². The first kappa shape index (κ1) is 13.7. The predicted octanol–water partition coefficient (Wildman–Crippen LogP) is 0.878. The molecule has 102 valence electrons. The second kappa shape index (κ2) is 5.48. The van der Waals surface area contributed by atoms with E-state index in [0.29, 0.717) is 5.75 Å². The van der Waals surface area contributed by atoms with Crippen LogP contribution in [-0.4, -0.2) is 45.1 Å². The topological polar surface area (TPSA) is 83.6 Å². The van der Waals surface area contributed by atoms with Crippen molar-refractivity contribution >= 4 is 23.6 Å². The van der Waals surface area contributed by atoms with Crippen molar-refractivity contribution in [2.45, 2.75) is 50.1 Å². The maximum absolute atomic E-state index is 12.4. The van der Waals surface area contributed by atoms with Crippen molar-refractivity contribution in [2.24, 2.45) is 11.7 Å². The van der Waals surface area contributed by atoms with E-state index in [9.17, 15) is 9.59 Å². The van der Waals surface area contributed by atoms with E-state index in [2.05, 4.69) is 0 Å². The Labute approximate surface area is 111 Å². The van der Waals surface area contributed by atoms with Gasteiger partial charge >= 0.3 is 5.97 Å². The molecule has 1 saturated carbocycles. The number of carbonyl (C=O) groups is 2. The number of aliphatic carboxylic acids is 1. The fourth-order valence-corrected chi connectivity index (χ4v) is 3.92. The van der Waals surface area contributed by atoms with Crippen LogP contribution in [0.2, 0.25) is 0 Å². The first-order chi connectivity index (χ1) is 8.50. The van der Waals surface area contributed by atoms with E-state index in [1.807, 2.05) is 6.92 Å². The van der Waals surface area contributed by atoms with E-state index >= 15 is 0 Å². The molecule has 18 heavy (non-hydrogen) atoms. The van der Waals surface area contributed by atoms with E-state index in [1.165, 1.54) is 11.8 Å². The molecule has 3 N–H and O–H groups in total. The van der Waals surface area contributed by atoms with E-state index in [-0.39, 0.29) is 23.2 Å². The summed E-state index contributed by atoms with van der Waals surface area (Å²) in [6.45, 7) is 1.90. The maximum atomic E-state index is 12.4. The third kappa shape index (κ3) is 2.64. The van der Waals surface area contributed by atoms with Gasteiger partial charge in [0, 0.05) is 17.7 Å². The third-order valence-electron chi connectivity index (χ3n) is 3.88. The van der Waals surface area contributed by atoms with Crippen molar-refractivity contribution in [3.63, 3.8) is 0 Å². The predicted molar refractivity (Wildman–Crippen MR) is 70.1 cm³/mol. The van der Waals surface area contributed by atoms with Crippen LogP contribution in [0.4, 0.5) is 0 Å². The SMILES string of the molecule is CC1SCC(C(=O)O)N1C(=O)C1CCC(N)CC1. The molecule has 2 atom stereocenters. The Kier molecular flexibility index (Phi) is 4.17. The lowest BCUT2D eigenvalue weighted by Crippen LogP contribution is -2.48. The summed E-state index contributed by atoms with van der Waals surface area (Å²) in [6, 6.07) is -0.456. The highest BCUT2D eigenvalue weighted by Gasteiger charge is 2.42. The lowest BCUT2D eigenvalue weighted by atomic mass is 9.85. The van der Waals surface area contributed by atoms with E-state index in [1.54, 1.807) is 4.90 Å². The fraction of sp³-hybridized carbons (Fsp3) is 0.833. The van der Waals surface area contributed by atoms with Gasteiger partial charge in [-0.3, -0.25) is 4.79 Å². The molecule has 2 unspecified atom stereocenters. The van der Waals surface area contributed by atoms with Crippen molar-refractivity contribution in [3.8, 4) is 0 Å². The Hall–Kier alpha value is -0.750. The van der Waals surface area contributed by atoms with Gasteiger partial charge in [-0.2, -0.15) is 0 Å². The smallest absolute Gasteiger partial charge is 0.327 e. The molecule has 1 saturated heterocycles. The van der Waals surface area contributed by atoms with Gasteiger partial charge in [0.1, 0.15) is 6.04 Å². The first-order valence-corrected chi connectivity index (χ1v) is 7.47. The number of nitrogens with two attached hydrogens (primary N) is 1. The van der Waals surface area contributed by atoms with Crippen molar-refractivity contribution < 1.29 is 14.7 Å². The largest absolute Gasteiger partial charge is 0.480 e. The minimum Gasteiger partial charge on any atom is -0.480 e. The van der Waals surface area contributed by atoms with Crippen LogP contribution >= 0.6 is 11.8 Å². The van der Waals surface area contributed by atoms with Gasteiger partial charge in [0.25, 0.3) is 0 Å². The van der Waals surface area contributed by atoms with Crippen LogP contribution in [0.3, 0.4) is 0 Å². The monoisotopic (exact) mass is 272 g/mol. The highest BCUT2D eigenvalue weighted by molar-refractivity contribution is 8.00. The number of nitrogens with zero attached hydrogens (tertiary/aromatic N) is 1. The minimum atomic E-state index is -0.896. The molecule has 2 fully saturated rings. The first-order valence-electron chi connectivity index (χ1n) is 6.43. The normalized spacial score (nSPS) is 36.7. The molecule has 0 radical (unpaired) electrons. The molecule has 0 spiro atoms. The van der Waals surface area contributed by atoms with Crippen LogP contribution in [0.15, 0.2) is 0 Å². The van der Waals surface area contributed by atoms with Crippen LogP contribution in [0, 0.1) is 5.92 Å². The molecule has 0 aromatic heterocycles. The number of carboxylic acids is 1. The van der Waals surface area contributed by atoms with Gasteiger partial charge in [-0.05, 0) is 32.6 Å². The Morgan fingerprint density at radius 1 is 1.28 bits per heavy atom. The van der Waals surface area contributed by atoms with Gasteiger partial charge in [0.05, 0.1) is 5.37 Å². The van der Waals surface area contributed by atoms with E-state index < -0.39 is 12.0 Å². The molecule has 1 aliphatic carbocycles. The average molecular weight is 272 g/mol. The number of amides is 1. The molecule has 6 heteroatoms. The fourth-order valence-electron chi connectivity index (χ4n) is 2.74. The van der Waals surface area contributed by atoms with Crippen molar-refractivity contribution in [2.75, 3.05) is 5.75 Å². The molecule has 0 bridgehead atoms.